The maximum absolute atomic E-state index is 12.6. The molecule has 1 aliphatic carbocycles. The molecule has 22 heavy (non-hydrogen) atoms. The number of nitrogens with two attached hydrogens (primary N) is 1. The summed E-state index contributed by atoms with van der Waals surface area (Å²) in [5.74, 6) is 0.465. The van der Waals surface area contributed by atoms with Gasteiger partial charge in [-0.2, -0.15) is 0 Å². The molecule has 1 saturated carbocycles. The van der Waals surface area contributed by atoms with Gasteiger partial charge in [-0.1, -0.05) is 48.5 Å². The lowest BCUT2D eigenvalue weighted by atomic mass is 10.1. The first kappa shape index (κ1) is 15.2. The highest BCUT2D eigenvalue weighted by atomic mass is 32.2. The van der Waals surface area contributed by atoms with Gasteiger partial charge in [0.15, 0.2) is 0 Å². The molecule has 2 aromatic rings. The van der Waals surface area contributed by atoms with Crippen molar-refractivity contribution in [2.45, 2.75) is 23.8 Å². The second-order valence-electron chi connectivity index (χ2n) is 5.72. The number of rotatable bonds is 6. The van der Waals surface area contributed by atoms with Crippen molar-refractivity contribution in [2.75, 3.05) is 6.54 Å². The minimum absolute atomic E-state index is 0.0985. The molecular formula is C17H20N2O2S. The Labute approximate surface area is 131 Å². The van der Waals surface area contributed by atoms with Gasteiger partial charge in [0.1, 0.15) is 0 Å². The molecule has 116 valence electrons. The summed E-state index contributed by atoms with van der Waals surface area (Å²) in [7, 11) is -3.57. The highest BCUT2D eigenvalue weighted by molar-refractivity contribution is 7.89. The van der Waals surface area contributed by atoms with Gasteiger partial charge in [-0.25, -0.2) is 13.1 Å². The molecule has 5 heteroatoms. The lowest BCUT2D eigenvalue weighted by molar-refractivity contribution is 0.548. The number of hydrogen-bond acceptors (Lipinski definition) is 3. The molecule has 0 bridgehead atoms. The van der Waals surface area contributed by atoms with Gasteiger partial charge >= 0.3 is 0 Å². The van der Waals surface area contributed by atoms with Crippen LogP contribution in [0.1, 0.15) is 12.8 Å². The number of sulfonamides is 1. The quantitative estimate of drug-likeness (QED) is 0.859. The minimum atomic E-state index is -3.57. The van der Waals surface area contributed by atoms with Gasteiger partial charge in [0, 0.05) is 18.2 Å². The Morgan fingerprint density at radius 3 is 2.36 bits per heavy atom. The Kier molecular flexibility index (Phi) is 4.29. The summed E-state index contributed by atoms with van der Waals surface area (Å²) in [6.07, 6.45) is 2.20. The molecule has 1 fully saturated rings. The first-order chi connectivity index (χ1) is 10.6. The van der Waals surface area contributed by atoms with Gasteiger partial charge in [0.2, 0.25) is 10.0 Å². The summed E-state index contributed by atoms with van der Waals surface area (Å²) >= 11 is 0. The van der Waals surface area contributed by atoms with Gasteiger partial charge in [-0.05, 0) is 30.4 Å². The largest absolute Gasteiger partial charge is 0.326 e. The molecule has 4 nitrogen and oxygen atoms in total. The fraction of sp³-hybridized carbons (Fsp3) is 0.294. The van der Waals surface area contributed by atoms with E-state index in [-0.39, 0.29) is 12.6 Å². The number of benzene rings is 2. The topological polar surface area (TPSA) is 72.2 Å². The maximum Gasteiger partial charge on any atom is 0.241 e. The van der Waals surface area contributed by atoms with E-state index in [1.807, 2.05) is 42.5 Å². The van der Waals surface area contributed by atoms with Crippen LogP contribution in [0.5, 0.6) is 0 Å². The molecule has 0 spiro atoms. The van der Waals surface area contributed by atoms with E-state index in [4.69, 9.17) is 5.73 Å². The summed E-state index contributed by atoms with van der Waals surface area (Å²) in [6, 6.07) is 16.5. The molecule has 3 N–H and O–H groups in total. The van der Waals surface area contributed by atoms with Crippen molar-refractivity contribution in [1.29, 1.82) is 0 Å². The van der Waals surface area contributed by atoms with Crippen LogP contribution >= 0.6 is 0 Å². The maximum atomic E-state index is 12.6. The fourth-order valence-corrected chi connectivity index (χ4v) is 3.83. The van der Waals surface area contributed by atoms with E-state index in [2.05, 4.69) is 4.72 Å². The van der Waals surface area contributed by atoms with Gasteiger partial charge < -0.3 is 5.73 Å². The molecule has 0 radical (unpaired) electrons. The SMILES string of the molecule is NC(CNS(=O)(=O)c1ccccc1-c1ccccc1)C1CC1. The summed E-state index contributed by atoms with van der Waals surface area (Å²) in [4.78, 5) is 0.296. The fourth-order valence-electron chi connectivity index (χ4n) is 2.53. The normalized spacial score (nSPS) is 16.4. The number of hydrogen-bond donors (Lipinski definition) is 2. The van der Waals surface area contributed by atoms with Crippen molar-refractivity contribution in [3.05, 3.63) is 54.6 Å². The zero-order chi connectivity index (χ0) is 15.6. The lowest BCUT2D eigenvalue weighted by Crippen LogP contribution is -2.38. The summed E-state index contributed by atoms with van der Waals surface area (Å²) < 4.78 is 27.9. The lowest BCUT2D eigenvalue weighted by Gasteiger charge is -2.14. The smallest absolute Gasteiger partial charge is 0.241 e. The van der Waals surface area contributed by atoms with Gasteiger partial charge in [0.25, 0.3) is 0 Å². The molecule has 3 rings (SSSR count). The summed E-state index contributed by atoms with van der Waals surface area (Å²) in [5.41, 5.74) is 7.57. The van der Waals surface area contributed by atoms with Crippen LogP contribution in [0, 0.1) is 5.92 Å². The van der Waals surface area contributed by atoms with Crippen molar-refractivity contribution in [1.82, 2.24) is 4.72 Å². The highest BCUT2D eigenvalue weighted by Crippen LogP contribution is 2.31. The Bertz CT molecular complexity index is 740. The molecule has 1 atom stereocenters. The predicted molar refractivity (Wildman–Crippen MR) is 87.8 cm³/mol. The van der Waals surface area contributed by atoms with Crippen LogP contribution < -0.4 is 10.5 Å². The third-order valence-corrected chi connectivity index (χ3v) is 5.48. The Balaban J connectivity index is 1.87. The second-order valence-corrected chi connectivity index (χ2v) is 7.45. The summed E-state index contributed by atoms with van der Waals surface area (Å²) in [5, 5.41) is 0. The predicted octanol–water partition coefficient (Wildman–Crippen LogP) is 2.37. The van der Waals surface area contributed by atoms with Crippen LogP contribution in [0.2, 0.25) is 0 Å². The van der Waals surface area contributed by atoms with E-state index in [0.717, 1.165) is 18.4 Å². The van der Waals surface area contributed by atoms with E-state index < -0.39 is 10.0 Å². The molecular weight excluding hydrogens is 296 g/mol. The van der Waals surface area contributed by atoms with Crippen LogP contribution in [-0.4, -0.2) is 21.0 Å². The van der Waals surface area contributed by atoms with E-state index in [1.165, 1.54) is 0 Å². The van der Waals surface area contributed by atoms with E-state index in [0.29, 0.717) is 16.4 Å². The van der Waals surface area contributed by atoms with Crippen LogP contribution in [0.3, 0.4) is 0 Å². The summed E-state index contributed by atoms with van der Waals surface area (Å²) in [6.45, 7) is 0.288. The average molecular weight is 316 g/mol. The van der Waals surface area contributed by atoms with Crippen molar-refractivity contribution in [3.8, 4) is 11.1 Å². The van der Waals surface area contributed by atoms with Gasteiger partial charge in [-0.15, -0.1) is 0 Å². The highest BCUT2D eigenvalue weighted by Gasteiger charge is 2.29. The van der Waals surface area contributed by atoms with E-state index >= 15 is 0 Å². The third-order valence-electron chi connectivity index (χ3n) is 4.00. The molecule has 1 aliphatic rings. The van der Waals surface area contributed by atoms with Crippen molar-refractivity contribution in [3.63, 3.8) is 0 Å². The second kappa shape index (κ2) is 6.20. The molecule has 0 amide bonds. The average Bonchev–Trinajstić information content (AvgIpc) is 3.38. The first-order valence-corrected chi connectivity index (χ1v) is 8.96. The van der Waals surface area contributed by atoms with E-state index in [9.17, 15) is 8.42 Å². The zero-order valence-electron chi connectivity index (χ0n) is 12.3. The molecule has 0 aliphatic heterocycles. The first-order valence-electron chi connectivity index (χ1n) is 7.47. The standard InChI is InChI=1S/C17H20N2O2S/c18-16(14-10-11-14)12-19-22(20,21)17-9-5-4-8-15(17)13-6-2-1-3-7-13/h1-9,14,16,19H,10-12,18H2. The Morgan fingerprint density at radius 2 is 1.68 bits per heavy atom. The minimum Gasteiger partial charge on any atom is -0.326 e. The zero-order valence-corrected chi connectivity index (χ0v) is 13.1. The van der Waals surface area contributed by atoms with Crippen LogP contribution in [-0.2, 0) is 10.0 Å². The van der Waals surface area contributed by atoms with Crippen LogP contribution in [0.15, 0.2) is 59.5 Å². The van der Waals surface area contributed by atoms with Crippen molar-refractivity contribution in [2.24, 2.45) is 11.7 Å². The molecule has 0 heterocycles. The van der Waals surface area contributed by atoms with E-state index in [1.54, 1.807) is 12.1 Å². The number of nitrogens with one attached hydrogen (secondary N) is 1. The molecule has 0 aromatic heterocycles. The van der Waals surface area contributed by atoms with Crippen molar-refractivity contribution >= 4 is 10.0 Å². The van der Waals surface area contributed by atoms with Crippen LogP contribution in [0.25, 0.3) is 11.1 Å². The van der Waals surface area contributed by atoms with Gasteiger partial charge in [0.05, 0.1) is 4.90 Å². The van der Waals surface area contributed by atoms with Crippen LogP contribution in [0.4, 0.5) is 0 Å². The Morgan fingerprint density at radius 1 is 1.05 bits per heavy atom. The molecule has 0 saturated heterocycles. The van der Waals surface area contributed by atoms with Crippen molar-refractivity contribution < 1.29 is 8.42 Å². The molecule has 1 unspecified atom stereocenters. The third kappa shape index (κ3) is 3.38. The monoisotopic (exact) mass is 316 g/mol. The Hall–Kier alpha value is -1.69. The molecule has 2 aromatic carbocycles. The van der Waals surface area contributed by atoms with Gasteiger partial charge in [-0.3, -0.25) is 0 Å².